The van der Waals surface area contributed by atoms with Gasteiger partial charge in [-0.25, -0.2) is 8.42 Å². The van der Waals surface area contributed by atoms with Crippen molar-refractivity contribution in [3.8, 4) is 0 Å². The fourth-order valence-corrected chi connectivity index (χ4v) is 4.90. The molecular formula is C18H18ClN3O3S. The van der Waals surface area contributed by atoms with Gasteiger partial charge in [-0.1, -0.05) is 11.6 Å². The molecule has 26 heavy (non-hydrogen) atoms. The summed E-state index contributed by atoms with van der Waals surface area (Å²) in [7, 11) is -3.51. The van der Waals surface area contributed by atoms with Crippen molar-refractivity contribution in [3.05, 3.63) is 53.1 Å². The van der Waals surface area contributed by atoms with E-state index in [-0.39, 0.29) is 10.8 Å². The molecule has 0 unspecified atom stereocenters. The quantitative estimate of drug-likeness (QED) is 0.871. The van der Waals surface area contributed by atoms with Crippen LogP contribution in [-0.4, -0.2) is 44.8 Å². The van der Waals surface area contributed by atoms with Crippen LogP contribution in [0.2, 0.25) is 5.02 Å². The van der Waals surface area contributed by atoms with E-state index in [9.17, 15) is 13.2 Å². The third-order valence-corrected chi connectivity index (χ3v) is 6.93. The maximum Gasteiger partial charge on any atom is 0.243 e. The van der Waals surface area contributed by atoms with E-state index >= 15 is 0 Å². The molecule has 0 atom stereocenters. The van der Waals surface area contributed by atoms with Crippen molar-refractivity contribution in [2.45, 2.75) is 11.3 Å². The van der Waals surface area contributed by atoms with Gasteiger partial charge < -0.3 is 10.2 Å². The second kappa shape index (κ2) is 6.57. The molecule has 0 aromatic heterocycles. The highest BCUT2D eigenvalue weighted by atomic mass is 35.5. The molecule has 1 amide bonds. The molecule has 2 aliphatic heterocycles. The number of carbonyl (C=O) groups is 1. The first-order valence-corrected chi connectivity index (χ1v) is 10.2. The molecule has 1 saturated heterocycles. The van der Waals surface area contributed by atoms with E-state index in [0.717, 1.165) is 16.9 Å². The minimum Gasteiger partial charge on any atom is -0.369 e. The Labute approximate surface area is 157 Å². The molecule has 1 N–H and O–H groups in total. The summed E-state index contributed by atoms with van der Waals surface area (Å²) in [6.07, 6.45) is 0.397. The first-order valence-electron chi connectivity index (χ1n) is 8.37. The molecule has 0 spiro atoms. The highest BCUT2D eigenvalue weighted by molar-refractivity contribution is 7.89. The highest BCUT2D eigenvalue weighted by Gasteiger charge is 2.29. The SMILES string of the molecule is O=C1Cc2cc(N3CCN(S(=O)(=O)c4ccc(Cl)cc4)CC3)ccc2N1. The number of nitrogens with one attached hydrogen (secondary N) is 1. The van der Waals surface area contributed by atoms with Gasteiger partial charge in [0.05, 0.1) is 11.3 Å². The van der Waals surface area contributed by atoms with Crippen LogP contribution >= 0.6 is 11.6 Å². The smallest absolute Gasteiger partial charge is 0.243 e. The lowest BCUT2D eigenvalue weighted by molar-refractivity contribution is -0.115. The van der Waals surface area contributed by atoms with E-state index in [4.69, 9.17) is 11.6 Å². The Kier molecular flexibility index (Phi) is 4.38. The van der Waals surface area contributed by atoms with Gasteiger partial charge in [-0.15, -0.1) is 0 Å². The Morgan fingerprint density at radius 3 is 2.35 bits per heavy atom. The number of hydrogen-bond donors (Lipinski definition) is 1. The summed E-state index contributed by atoms with van der Waals surface area (Å²) >= 11 is 5.84. The van der Waals surface area contributed by atoms with Crippen LogP contribution in [0.3, 0.4) is 0 Å². The monoisotopic (exact) mass is 391 g/mol. The number of halogens is 1. The number of anilines is 2. The first kappa shape index (κ1) is 17.3. The van der Waals surface area contributed by atoms with Crippen LogP contribution in [0.5, 0.6) is 0 Å². The molecule has 2 aliphatic rings. The molecule has 8 heteroatoms. The Bertz CT molecular complexity index is 952. The second-order valence-electron chi connectivity index (χ2n) is 6.41. The van der Waals surface area contributed by atoms with Crippen LogP contribution in [-0.2, 0) is 21.2 Å². The molecule has 1 fully saturated rings. The summed E-state index contributed by atoms with van der Waals surface area (Å²) < 4.78 is 27.0. The summed E-state index contributed by atoms with van der Waals surface area (Å²) in [5, 5.41) is 3.33. The summed E-state index contributed by atoms with van der Waals surface area (Å²) in [4.78, 5) is 13.9. The molecule has 0 saturated carbocycles. The zero-order valence-electron chi connectivity index (χ0n) is 14.0. The van der Waals surface area contributed by atoms with Crippen molar-refractivity contribution >= 4 is 38.9 Å². The number of fused-ring (bicyclic) bond motifs is 1. The molecule has 4 rings (SSSR count). The third-order valence-electron chi connectivity index (χ3n) is 4.77. The summed E-state index contributed by atoms with van der Waals surface area (Å²) in [5.41, 5.74) is 2.87. The summed E-state index contributed by atoms with van der Waals surface area (Å²) in [6.45, 7) is 2.04. The van der Waals surface area contributed by atoms with Gasteiger partial charge in [-0.3, -0.25) is 4.79 Å². The molecule has 2 aromatic rings. The second-order valence-corrected chi connectivity index (χ2v) is 8.79. The van der Waals surface area contributed by atoms with E-state index in [0.29, 0.717) is 37.6 Å². The molecule has 2 aromatic carbocycles. The zero-order valence-corrected chi connectivity index (χ0v) is 15.6. The molecule has 6 nitrogen and oxygen atoms in total. The van der Waals surface area contributed by atoms with Crippen LogP contribution in [0.1, 0.15) is 5.56 Å². The van der Waals surface area contributed by atoms with Crippen molar-refractivity contribution < 1.29 is 13.2 Å². The molecule has 136 valence electrons. The Morgan fingerprint density at radius 1 is 0.962 bits per heavy atom. The Balaban J connectivity index is 1.47. The largest absolute Gasteiger partial charge is 0.369 e. The van der Waals surface area contributed by atoms with Gasteiger partial charge >= 0.3 is 0 Å². The summed E-state index contributed by atoms with van der Waals surface area (Å²) in [5.74, 6) is 0.0102. The van der Waals surface area contributed by atoms with Crippen molar-refractivity contribution in [1.82, 2.24) is 4.31 Å². The van der Waals surface area contributed by atoms with Crippen LogP contribution < -0.4 is 10.2 Å². The lowest BCUT2D eigenvalue weighted by Gasteiger charge is -2.35. The average Bonchev–Trinajstić information content (AvgIpc) is 3.01. The van der Waals surface area contributed by atoms with Gasteiger partial charge in [0.2, 0.25) is 15.9 Å². The molecule has 0 bridgehead atoms. The number of hydrogen-bond acceptors (Lipinski definition) is 4. The van der Waals surface area contributed by atoms with Crippen molar-refractivity contribution in [2.24, 2.45) is 0 Å². The van der Waals surface area contributed by atoms with Crippen LogP contribution in [0.15, 0.2) is 47.4 Å². The van der Waals surface area contributed by atoms with E-state index in [2.05, 4.69) is 10.2 Å². The number of sulfonamides is 1. The fraction of sp³-hybridized carbons (Fsp3) is 0.278. The predicted molar refractivity (Wildman–Crippen MR) is 101 cm³/mol. The Hall–Kier alpha value is -2.09. The topological polar surface area (TPSA) is 69.7 Å². The molecule has 0 aliphatic carbocycles. The van der Waals surface area contributed by atoms with Gasteiger partial charge in [-0.2, -0.15) is 4.31 Å². The Morgan fingerprint density at radius 2 is 1.65 bits per heavy atom. The minimum atomic E-state index is -3.51. The summed E-state index contributed by atoms with van der Waals surface area (Å²) in [6, 6.07) is 12.1. The number of nitrogens with zero attached hydrogens (tertiary/aromatic N) is 2. The van der Waals surface area contributed by atoms with Gasteiger partial charge in [0.25, 0.3) is 0 Å². The van der Waals surface area contributed by atoms with Crippen LogP contribution in [0.25, 0.3) is 0 Å². The third kappa shape index (κ3) is 3.18. The van der Waals surface area contributed by atoms with E-state index in [1.54, 1.807) is 12.1 Å². The van der Waals surface area contributed by atoms with Gasteiger partial charge in [0.15, 0.2) is 0 Å². The van der Waals surface area contributed by atoms with Crippen LogP contribution in [0.4, 0.5) is 11.4 Å². The standard InChI is InChI=1S/C18H18ClN3O3S/c19-14-1-4-16(5-2-14)26(24,25)22-9-7-21(8-10-22)15-3-6-17-13(11-15)12-18(23)20-17/h1-6,11H,7-10,12H2,(H,20,23). The molecule has 0 radical (unpaired) electrons. The predicted octanol–water partition coefficient (Wildman–Crippen LogP) is 2.35. The number of benzene rings is 2. The maximum absolute atomic E-state index is 12.7. The number of rotatable bonds is 3. The van der Waals surface area contributed by atoms with Crippen molar-refractivity contribution in [1.29, 1.82) is 0 Å². The lowest BCUT2D eigenvalue weighted by atomic mass is 10.1. The maximum atomic E-state index is 12.7. The zero-order chi connectivity index (χ0) is 18.3. The first-order chi connectivity index (χ1) is 12.4. The average molecular weight is 392 g/mol. The van der Waals surface area contributed by atoms with E-state index in [1.165, 1.54) is 16.4 Å². The number of amides is 1. The van der Waals surface area contributed by atoms with Gasteiger partial charge in [0.1, 0.15) is 0 Å². The van der Waals surface area contributed by atoms with Gasteiger partial charge in [-0.05, 0) is 48.0 Å². The van der Waals surface area contributed by atoms with E-state index < -0.39 is 10.0 Å². The molecule has 2 heterocycles. The van der Waals surface area contributed by atoms with E-state index in [1.807, 2.05) is 18.2 Å². The normalized spacial score (nSPS) is 17.9. The van der Waals surface area contributed by atoms with Gasteiger partial charge in [0, 0.05) is 42.6 Å². The lowest BCUT2D eigenvalue weighted by Crippen LogP contribution is -2.48. The van der Waals surface area contributed by atoms with Crippen LogP contribution in [0, 0.1) is 0 Å². The fourth-order valence-electron chi connectivity index (χ4n) is 3.35. The highest BCUT2D eigenvalue weighted by Crippen LogP contribution is 2.29. The van der Waals surface area contributed by atoms with Crippen molar-refractivity contribution in [2.75, 3.05) is 36.4 Å². The minimum absolute atomic E-state index is 0.0102. The molecular weight excluding hydrogens is 374 g/mol. The number of piperazine rings is 1. The number of carbonyl (C=O) groups excluding carboxylic acids is 1. The van der Waals surface area contributed by atoms with Crippen molar-refractivity contribution in [3.63, 3.8) is 0 Å².